The van der Waals surface area contributed by atoms with E-state index in [1.165, 1.54) is 0 Å². The van der Waals surface area contributed by atoms with Gasteiger partial charge in [0.15, 0.2) is 0 Å². The van der Waals surface area contributed by atoms with Crippen molar-refractivity contribution in [3.05, 3.63) is 53.2 Å². The van der Waals surface area contributed by atoms with Crippen molar-refractivity contribution in [1.29, 1.82) is 0 Å². The number of aryl methyl sites for hydroxylation is 1. The Labute approximate surface area is 151 Å². The van der Waals surface area contributed by atoms with Gasteiger partial charge in [0.25, 0.3) is 0 Å². The third kappa shape index (κ3) is 4.09. The Morgan fingerprint density at radius 3 is 2.52 bits per heavy atom. The molecule has 1 aromatic heterocycles. The predicted octanol–water partition coefficient (Wildman–Crippen LogP) is 2.33. The number of carbonyl (C=O) groups is 2. The largest absolute Gasteiger partial charge is 0.353 e. The van der Waals surface area contributed by atoms with Crippen molar-refractivity contribution in [2.24, 2.45) is 0 Å². The molecule has 7 heteroatoms. The summed E-state index contributed by atoms with van der Waals surface area (Å²) in [5.41, 5.74) is 1.43. The molecule has 0 radical (unpaired) electrons. The molecule has 2 amide bonds. The highest BCUT2D eigenvalue weighted by Gasteiger charge is 2.26. The average molecular weight is 359 g/mol. The normalized spacial score (nSPS) is 14.3. The second kappa shape index (κ2) is 7.53. The van der Waals surface area contributed by atoms with Gasteiger partial charge in [0, 0.05) is 43.1 Å². The lowest BCUT2D eigenvalue weighted by molar-refractivity contribution is -0.143. The Kier molecular flexibility index (Phi) is 5.19. The highest BCUT2D eigenvalue weighted by atomic mass is 35.5. The van der Waals surface area contributed by atoms with Crippen LogP contribution in [0.1, 0.15) is 5.56 Å². The first-order valence-corrected chi connectivity index (χ1v) is 8.45. The van der Waals surface area contributed by atoms with E-state index >= 15 is 0 Å². The molecule has 1 aliphatic rings. The van der Waals surface area contributed by atoms with Gasteiger partial charge >= 0.3 is 11.8 Å². The van der Waals surface area contributed by atoms with Crippen LogP contribution in [0.5, 0.6) is 0 Å². The molecule has 1 fully saturated rings. The lowest BCUT2D eigenvalue weighted by Gasteiger charge is -2.34. The first-order valence-electron chi connectivity index (χ1n) is 8.07. The lowest BCUT2D eigenvalue weighted by Crippen LogP contribution is -2.51. The van der Waals surface area contributed by atoms with Gasteiger partial charge < -0.3 is 15.1 Å². The zero-order valence-electron chi connectivity index (χ0n) is 13.9. The van der Waals surface area contributed by atoms with E-state index in [1.807, 2.05) is 25.1 Å². The van der Waals surface area contributed by atoms with Crippen LogP contribution in [0.2, 0.25) is 5.02 Å². The van der Waals surface area contributed by atoms with Gasteiger partial charge in [0.1, 0.15) is 5.82 Å². The molecule has 0 saturated carbocycles. The molecule has 1 saturated heterocycles. The molecule has 2 heterocycles. The molecule has 0 aliphatic carbocycles. The van der Waals surface area contributed by atoms with Gasteiger partial charge in [0.05, 0.1) is 0 Å². The third-order valence-electron chi connectivity index (χ3n) is 4.16. The number of nitrogens with one attached hydrogen (secondary N) is 1. The second-order valence-corrected chi connectivity index (χ2v) is 6.29. The number of aromatic nitrogens is 1. The van der Waals surface area contributed by atoms with Crippen LogP contribution in [0.3, 0.4) is 0 Å². The van der Waals surface area contributed by atoms with Gasteiger partial charge in [-0.25, -0.2) is 4.98 Å². The summed E-state index contributed by atoms with van der Waals surface area (Å²) in [6.07, 6.45) is 1.74. The summed E-state index contributed by atoms with van der Waals surface area (Å²) in [4.78, 5) is 32.5. The summed E-state index contributed by atoms with van der Waals surface area (Å²) in [5, 5.41) is 3.16. The number of hydrogen-bond donors (Lipinski definition) is 1. The molecular weight excluding hydrogens is 340 g/mol. The standard InChI is InChI=1S/C18H19ClN4O2/c1-13-5-6-14(12-15(13)19)21-17(24)18(25)23-10-8-22(9-11-23)16-4-2-3-7-20-16/h2-7,12H,8-11H2,1H3,(H,21,24). The number of benzene rings is 1. The zero-order chi connectivity index (χ0) is 17.8. The van der Waals surface area contributed by atoms with Crippen molar-refractivity contribution in [3.63, 3.8) is 0 Å². The van der Waals surface area contributed by atoms with Crippen LogP contribution >= 0.6 is 11.6 Å². The van der Waals surface area contributed by atoms with Crippen molar-refractivity contribution in [2.75, 3.05) is 36.4 Å². The van der Waals surface area contributed by atoms with E-state index < -0.39 is 11.8 Å². The van der Waals surface area contributed by atoms with Crippen molar-refractivity contribution >= 4 is 34.9 Å². The number of amides is 2. The monoisotopic (exact) mass is 358 g/mol. The molecule has 3 rings (SSSR count). The number of rotatable bonds is 2. The predicted molar refractivity (Wildman–Crippen MR) is 97.8 cm³/mol. The van der Waals surface area contributed by atoms with Crippen LogP contribution in [0, 0.1) is 6.92 Å². The van der Waals surface area contributed by atoms with E-state index in [2.05, 4.69) is 15.2 Å². The van der Waals surface area contributed by atoms with E-state index in [0.717, 1.165) is 11.4 Å². The van der Waals surface area contributed by atoms with E-state index in [1.54, 1.807) is 29.3 Å². The minimum atomic E-state index is -0.647. The number of carbonyl (C=O) groups excluding carboxylic acids is 2. The van der Waals surface area contributed by atoms with E-state index in [9.17, 15) is 9.59 Å². The maximum absolute atomic E-state index is 12.3. The third-order valence-corrected chi connectivity index (χ3v) is 4.57. The van der Waals surface area contributed by atoms with Gasteiger partial charge in [-0.15, -0.1) is 0 Å². The SMILES string of the molecule is Cc1ccc(NC(=O)C(=O)N2CCN(c3ccccn3)CC2)cc1Cl. The average Bonchev–Trinajstić information content (AvgIpc) is 2.65. The fourth-order valence-corrected chi connectivity index (χ4v) is 2.86. The maximum Gasteiger partial charge on any atom is 0.313 e. The molecule has 25 heavy (non-hydrogen) atoms. The van der Waals surface area contributed by atoms with Crippen LogP contribution in [0.25, 0.3) is 0 Å². The smallest absolute Gasteiger partial charge is 0.313 e. The molecule has 6 nitrogen and oxygen atoms in total. The van der Waals surface area contributed by atoms with Crippen molar-refractivity contribution in [3.8, 4) is 0 Å². The van der Waals surface area contributed by atoms with Crippen molar-refractivity contribution in [2.45, 2.75) is 6.92 Å². The van der Waals surface area contributed by atoms with Crippen molar-refractivity contribution < 1.29 is 9.59 Å². The number of pyridine rings is 1. The topological polar surface area (TPSA) is 65.5 Å². The van der Waals surface area contributed by atoms with Crippen LogP contribution in [0.15, 0.2) is 42.6 Å². The highest BCUT2D eigenvalue weighted by molar-refractivity contribution is 6.39. The van der Waals surface area contributed by atoms with Gasteiger partial charge in [-0.2, -0.15) is 0 Å². The summed E-state index contributed by atoms with van der Waals surface area (Å²) >= 11 is 6.04. The lowest BCUT2D eigenvalue weighted by atomic mass is 10.2. The Morgan fingerprint density at radius 1 is 1.12 bits per heavy atom. The number of halogens is 1. The summed E-state index contributed by atoms with van der Waals surface area (Å²) in [7, 11) is 0. The van der Waals surface area contributed by atoms with Crippen molar-refractivity contribution in [1.82, 2.24) is 9.88 Å². The minimum absolute atomic E-state index is 0.484. The molecule has 130 valence electrons. The Balaban J connectivity index is 1.56. The first-order chi connectivity index (χ1) is 12.0. The molecule has 0 bridgehead atoms. The molecule has 0 spiro atoms. The van der Waals surface area contributed by atoms with Gasteiger partial charge in [0.2, 0.25) is 0 Å². The number of piperazine rings is 1. The highest BCUT2D eigenvalue weighted by Crippen LogP contribution is 2.20. The van der Waals surface area contributed by atoms with Crippen LogP contribution in [-0.2, 0) is 9.59 Å². The number of anilines is 2. The zero-order valence-corrected chi connectivity index (χ0v) is 14.7. The maximum atomic E-state index is 12.3. The van der Waals surface area contributed by atoms with Gasteiger partial charge in [-0.05, 0) is 36.8 Å². The summed E-state index contributed by atoms with van der Waals surface area (Å²) < 4.78 is 0. The number of nitrogens with zero attached hydrogens (tertiary/aromatic N) is 3. The summed E-state index contributed by atoms with van der Waals surface area (Å²) in [6, 6.07) is 10.9. The molecule has 2 aromatic rings. The van der Waals surface area contributed by atoms with Gasteiger partial charge in [-0.3, -0.25) is 9.59 Å². The molecular formula is C18H19ClN4O2. The molecule has 1 N–H and O–H groups in total. The Hall–Kier alpha value is -2.60. The second-order valence-electron chi connectivity index (χ2n) is 5.89. The Morgan fingerprint density at radius 2 is 1.88 bits per heavy atom. The molecule has 0 atom stereocenters. The molecule has 1 aliphatic heterocycles. The number of hydrogen-bond acceptors (Lipinski definition) is 4. The van der Waals surface area contributed by atoms with Crippen LogP contribution in [0.4, 0.5) is 11.5 Å². The molecule has 0 unspecified atom stereocenters. The van der Waals surface area contributed by atoms with Crippen LogP contribution < -0.4 is 10.2 Å². The fraction of sp³-hybridized carbons (Fsp3) is 0.278. The minimum Gasteiger partial charge on any atom is -0.353 e. The summed E-state index contributed by atoms with van der Waals surface area (Å²) in [5.74, 6) is -0.295. The summed E-state index contributed by atoms with van der Waals surface area (Å²) in [6.45, 7) is 4.13. The van der Waals surface area contributed by atoms with E-state index in [0.29, 0.717) is 36.9 Å². The first kappa shape index (κ1) is 17.2. The molecule has 1 aromatic carbocycles. The Bertz CT molecular complexity index is 774. The van der Waals surface area contributed by atoms with Crippen LogP contribution in [-0.4, -0.2) is 47.9 Å². The fourth-order valence-electron chi connectivity index (χ4n) is 2.68. The van der Waals surface area contributed by atoms with E-state index in [-0.39, 0.29) is 0 Å². The van der Waals surface area contributed by atoms with E-state index in [4.69, 9.17) is 11.6 Å². The quantitative estimate of drug-likeness (QED) is 0.837. The van der Waals surface area contributed by atoms with Gasteiger partial charge in [-0.1, -0.05) is 23.7 Å².